The fourth-order valence-electron chi connectivity index (χ4n) is 2.84. The summed E-state index contributed by atoms with van der Waals surface area (Å²) in [7, 11) is 0. The smallest absolute Gasteiger partial charge is 0.275 e. The van der Waals surface area contributed by atoms with E-state index in [1.54, 1.807) is 17.1 Å². The highest BCUT2D eigenvalue weighted by Gasteiger charge is 2.16. The lowest BCUT2D eigenvalue weighted by atomic mass is 10.2. The number of fused-ring (bicyclic) bond motifs is 3. The molecule has 4 aromatic rings. The van der Waals surface area contributed by atoms with Gasteiger partial charge in [-0.3, -0.25) is 9.36 Å². The summed E-state index contributed by atoms with van der Waals surface area (Å²) >= 11 is 1.35. The van der Waals surface area contributed by atoms with E-state index >= 15 is 0 Å². The Balaban J connectivity index is 1.95. The SMILES string of the molecule is C#CC(C)Nc1ccnc2sc3c(=O)n(-c4ccc(C)cc4)cnc3c12. The second-order valence-corrected chi connectivity index (χ2v) is 7.11. The molecule has 0 spiro atoms. The van der Waals surface area contributed by atoms with Crippen molar-refractivity contribution in [2.45, 2.75) is 19.9 Å². The molecule has 0 fully saturated rings. The lowest BCUT2D eigenvalue weighted by molar-refractivity contribution is 0.966. The van der Waals surface area contributed by atoms with Crippen molar-refractivity contribution in [2.24, 2.45) is 0 Å². The number of nitrogens with one attached hydrogen (secondary N) is 1. The van der Waals surface area contributed by atoms with Crippen LogP contribution in [0, 0.1) is 19.3 Å². The number of aromatic nitrogens is 3. The van der Waals surface area contributed by atoms with Crippen molar-refractivity contribution in [3.05, 3.63) is 58.8 Å². The van der Waals surface area contributed by atoms with E-state index in [0.717, 1.165) is 27.2 Å². The molecule has 0 saturated heterocycles. The zero-order valence-corrected chi connectivity index (χ0v) is 15.2. The summed E-state index contributed by atoms with van der Waals surface area (Å²) in [5, 5.41) is 4.10. The third kappa shape index (κ3) is 2.63. The summed E-state index contributed by atoms with van der Waals surface area (Å²) in [6, 6.07) is 9.50. The van der Waals surface area contributed by atoms with Gasteiger partial charge in [-0.1, -0.05) is 23.6 Å². The first kappa shape index (κ1) is 16.3. The van der Waals surface area contributed by atoms with Crippen molar-refractivity contribution < 1.29 is 0 Å². The second kappa shape index (κ2) is 6.28. The molecule has 3 aromatic heterocycles. The highest BCUT2D eigenvalue weighted by atomic mass is 32.1. The maximum Gasteiger partial charge on any atom is 0.275 e. The lowest BCUT2D eigenvalue weighted by Gasteiger charge is -2.10. The Bertz CT molecular complexity index is 1210. The molecule has 4 rings (SSSR count). The van der Waals surface area contributed by atoms with E-state index < -0.39 is 0 Å². The molecular formula is C20H16N4OS. The van der Waals surface area contributed by atoms with Crippen LogP contribution in [0.2, 0.25) is 0 Å². The normalized spacial score (nSPS) is 12.2. The van der Waals surface area contributed by atoms with Crippen LogP contribution < -0.4 is 10.9 Å². The van der Waals surface area contributed by atoms with E-state index in [1.807, 2.05) is 44.2 Å². The average molecular weight is 360 g/mol. The predicted octanol–water partition coefficient (Wildman–Crippen LogP) is 3.74. The highest BCUT2D eigenvalue weighted by molar-refractivity contribution is 7.25. The fourth-order valence-corrected chi connectivity index (χ4v) is 3.89. The molecule has 0 bridgehead atoms. The Hall–Kier alpha value is -3.17. The number of rotatable bonds is 3. The lowest BCUT2D eigenvalue weighted by Crippen LogP contribution is -2.17. The van der Waals surface area contributed by atoms with E-state index in [1.165, 1.54) is 11.3 Å². The minimum absolute atomic E-state index is 0.0993. The first-order valence-corrected chi connectivity index (χ1v) is 8.98. The maximum atomic E-state index is 13.0. The van der Waals surface area contributed by atoms with Gasteiger partial charge in [-0.05, 0) is 32.0 Å². The monoisotopic (exact) mass is 360 g/mol. The van der Waals surface area contributed by atoms with Gasteiger partial charge < -0.3 is 5.32 Å². The van der Waals surface area contributed by atoms with Gasteiger partial charge in [0.2, 0.25) is 0 Å². The molecule has 0 aliphatic rings. The van der Waals surface area contributed by atoms with E-state index in [4.69, 9.17) is 6.42 Å². The Kier molecular flexibility index (Phi) is 3.94. The average Bonchev–Trinajstić information content (AvgIpc) is 3.03. The number of pyridine rings is 1. The summed E-state index contributed by atoms with van der Waals surface area (Å²) in [4.78, 5) is 22.8. The minimum Gasteiger partial charge on any atom is -0.371 e. The first-order chi connectivity index (χ1) is 12.6. The van der Waals surface area contributed by atoms with Gasteiger partial charge in [0.25, 0.3) is 5.56 Å². The van der Waals surface area contributed by atoms with Crippen molar-refractivity contribution in [2.75, 3.05) is 5.32 Å². The molecule has 5 nitrogen and oxygen atoms in total. The zero-order valence-electron chi connectivity index (χ0n) is 14.4. The molecule has 6 heteroatoms. The van der Waals surface area contributed by atoms with Crippen molar-refractivity contribution >= 4 is 37.5 Å². The van der Waals surface area contributed by atoms with Crippen LogP contribution in [-0.4, -0.2) is 20.6 Å². The Morgan fingerprint density at radius 1 is 1.23 bits per heavy atom. The summed E-state index contributed by atoms with van der Waals surface area (Å²) in [5.74, 6) is 2.65. The highest BCUT2D eigenvalue weighted by Crippen LogP contribution is 2.34. The number of benzene rings is 1. The van der Waals surface area contributed by atoms with Crippen molar-refractivity contribution in [1.82, 2.24) is 14.5 Å². The van der Waals surface area contributed by atoms with Crippen LogP contribution in [0.3, 0.4) is 0 Å². The topological polar surface area (TPSA) is 59.8 Å². The van der Waals surface area contributed by atoms with Crippen LogP contribution in [-0.2, 0) is 0 Å². The first-order valence-electron chi connectivity index (χ1n) is 8.17. The maximum absolute atomic E-state index is 13.0. The van der Waals surface area contributed by atoms with Gasteiger partial charge in [0, 0.05) is 11.9 Å². The standard InChI is InChI=1S/C20H16N4OS/c1-4-13(3)23-15-9-10-21-19-16(15)17-18(26-19)20(25)24(11-22-17)14-7-5-12(2)6-8-14/h1,5-11,13H,2-3H3,(H,21,23). The number of nitrogens with zero attached hydrogens (tertiary/aromatic N) is 3. The third-order valence-electron chi connectivity index (χ3n) is 4.22. The number of aryl methyl sites for hydroxylation is 1. The van der Waals surface area contributed by atoms with Crippen molar-refractivity contribution in [3.63, 3.8) is 0 Å². The summed E-state index contributed by atoms with van der Waals surface area (Å²) in [6.45, 7) is 3.91. The quantitative estimate of drug-likeness (QED) is 0.566. The van der Waals surface area contributed by atoms with Crippen molar-refractivity contribution in [3.8, 4) is 18.0 Å². The second-order valence-electron chi connectivity index (χ2n) is 6.11. The number of terminal acetylenes is 1. The largest absolute Gasteiger partial charge is 0.371 e. The summed E-state index contributed by atoms with van der Waals surface area (Å²) in [5.41, 5.74) is 3.32. The third-order valence-corrected chi connectivity index (χ3v) is 5.29. The van der Waals surface area contributed by atoms with Crippen LogP contribution in [0.15, 0.2) is 47.7 Å². The van der Waals surface area contributed by atoms with Gasteiger partial charge in [0.15, 0.2) is 0 Å². The van der Waals surface area contributed by atoms with E-state index in [0.29, 0.717) is 10.2 Å². The van der Waals surface area contributed by atoms with Crippen LogP contribution in [0.4, 0.5) is 5.69 Å². The molecule has 0 saturated carbocycles. The molecule has 26 heavy (non-hydrogen) atoms. The molecule has 1 unspecified atom stereocenters. The molecule has 1 aromatic carbocycles. The van der Waals surface area contributed by atoms with Gasteiger partial charge in [0.1, 0.15) is 15.9 Å². The molecular weight excluding hydrogens is 344 g/mol. The number of thiophene rings is 1. The number of anilines is 1. The molecule has 1 atom stereocenters. The van der Waals surface area contributed by atoms with E-state index in [2.05, 4.69) is 21.2 Å². The van der Waals surface area contributed by atoms with E-state index in [-0.39, 0.29) is 11.6 Å². The Morgan fingerprint density at radius 2 is 2.00 bits per heavy atom. The summed E-state index contributed by atoms with van der Waals surface area (Å²) in [6.07, 6.45) is 8.76. The Morgan fingerprint density at radius 3 is 2.73 bits per heavy atom. The molecule has 0 aliphatic heterocycles. The van der Waals surface area contributed by atoms with Gasteiger partial charge in [-0.25, -0.2) is 9.97 Å². The summed E-state index contributed by atoms with van der Waals surface area (Å²) < 4.78 is 2.15. The predicted molar refractivity (Wildman–Crippen MR) is 107 cm³/mol. The molecule has 3 heterocycles. The Labute approximate surface area is 154 Å². The molecule has 1 N–H and O–H groups in total. The van der Waals surface area contributed by atoms with Crippen LogP contribution in [0.1, 0.15) is 12.5 Å². The van der Waals surface area contributed by atoms with Gasteiger partial charge in [-0.2, -0.15) is 0 Å². The molecule has 128 valence electrons. The van der Waals surface area contributed by atoms with Crippen LogP contribution >= 0.6 is 11.3 Å². The molecule has 0 amide bonds. The van der Waals surface area contributed by atoms with Gasteiger partial charge in [0.05, 0.1) is 22.6 Å². The van der Waals surface area contributed by atoms with Crippen LogP contribution in [0.25, 0.3) is 26.1 Å². The van der Waals surface area contributed by atoms with Gasteiger partial charge in [-0.15, -0.1) is 17.8 Å². The van der Waals surface area contributed by atoms with Crippen LogP contribution in [0.5, 0.6) is 0 Å². The molecule has 0 radical (unpaired) electrons. The minimum atomic E-state index is -0.136. The number of hydrogen-bond acceptors (Lipinski definition) is 5. The fraction of sp³-hybridized carbons (Fsp3) is 0.150. The van der Waals surface area contributed by atoms with E-state index in [9.17, 15) is 4.79 Å². The van der Waals surface area contributed by atoms with Gasteiger partial charge >= 0.3 is 0 Å². The number of hydrogen-bond donors (Lipinski definition) is 1. The molecule has 0 aliphatic carbocycles. The zero-order chi connectivity index (χ0) is 18.3. The van der Waals surface area contributed by atoms with Crippen molar-refractivity contribution in [1.29, 1.82) is 0 Å².